The SMILES string of the molecule is O=C(Nc1ccc(C(O)[C@H](CCn2nnc3ccccc3c2=O)C(=O)O)cc1)C1CC1. The van der Waals surface area contributed by atoms with Crippen molar-refractivity contribution in [2.24, 2.45) is 11.8 Å². The number of aliphatic carboxylic acids is 1. The van der Waals surface area contributed by atoms with E-state index in [1.807, 2.05) is 0 Å². The van der Waals surface area contributed by atoms with Crippen molar-refractivity contribution >= 4 is 28.5 Å². The Hall–Kier alpha value is -3.59. The highest BCUT2D eigenvalue weighted by Gasteiger charge is 2.30. The Bertz CT molecular complexity index is 1170. The number of fused-ring (bicyclic) bond motifs is 1. The molecule has 1 amide bonds. The number of carbonyl (C=O) groups is 2. The first kappa shape index (κ1) is 20.7. The molecule has 2 atom stereocenters. The third kappa shape index (κ3) is 4.61. The molecule has 0 saturated heterocycles. The average molecular weight is 422 g/mol. The van der Waals surface area contributed by atoms with Gasteiger partial charge in [0.2, 0.25) is 5.91 Å². The van der Waals surface area contributed by atoms with Crippen LogP contribution in [0.1, 0.15) is 30.9 Å². The standard InChI is InChI=1S/C22H22N4O5/c27-19(13-7-9-15(10-8-13)23-20(28)14-5-6-14)17(22(30)31)11-12-26-21(29)16-3-1-2-4-18(16)24-25-26/h1-4,7-10,14,17,19,27H,5-6,11-12H2,(H,23,28)(H,30,31)/t17-,19?/m0/s1. The van der Waals surface area contributed by atoms with Gasteiger partial charge in [-0.15, -0.1) is 5.10 Å². The number of aromatic nitrogens is 3. The largest absolute Gasteiger partial charge is 0.481 e. The number of aliphatic hydroxyl groups excluding tert-OH is 1. The number of nitrogens with zero attached hydrogens (tertiary/aromatic N) is 3. The minimum absolute atomic E-state index is 0.000222. The molecule has 1 aromatic heterocycles. The van der Waals surface area contributed by atoms with Gasteiger partial charge in [-0.3, -0.25) is 14.4 Å². The fourth-order valence-corrected chi connectivity index (χ4v) is 3.43. The quantitative estimate of drug-likeness (QED) is 0.505. The first-order valence-corrected chi connectivity index (χ1v) is 10.1. The number of carboxylic acid groups (broad SMARTS) is 1. The molecule has 3 N–H and O–H groups in total. The molecule has 0 bridgehead atoms. The second kappa shape index (κ2) is 8.65. The van der Waals surface area contributed by atoms with E-state index in [0.717, 1.165) is 17.5 Å². The van der Waals surface area contributed by atoms with Gasteiger partial charge >= 0.3 is 5.97 Å². The lowest BCUT2D eigenvalue weighted by atomic mass is 9.92. The molecule has 0 radical (unpaired) electrons. The maximum atomic E-state index is 12.5. The first-order valence-electron chi connectivity index (χ1n) is 10.1. The highest BCUT2D eigenvalue weighted by molar-refractivity contribution is 5.94. The van der Waals surface area contributed by atoms with Crippen molar-refractivity contribution < 1.29 is 19.8 Å². The van der Waals surface area contributed by atoms with Gasteiger partial charge in [-0.1, -0.05) is 29.5 Å². The van der Waals surface area contributed by atoms with Crippen molar-refractivity contribution in [2.45, 2.75) is 31.9 Å². The molecule has 9 heteroatoms. The van der Waals surface area contributed by atoms with E-state index in [0.29, 0.717) is 22.2 Å². The molecule has 1 fully saturated rings. The van der Waals surface area contributed by atoms with E-state index in [9.17, 15) is 24.6 Å². The van der Waals surface area contributed by atoms with Crippen molar-refractivity contribution in [3.63, 3.8) is 0 Å². The number of amides is 1. The van der Waals surface area contributed by atoms with Gasteiger partial charge in [-0.25, -0.2) is 4.68 Å². The van der Waals surface area contributed by atoms with Gasteiger partial charge in [0.1, 0.15) is 5.52 Å². The predicted molar refractivity (Wildman–Crippen MR) is 112 cm³/mol. The van der Waals surface area contributed by atoms with Crippen LogP contribution in [0.15, 0.2) is 53.3 Å². The zero-order chi connectivity index (χ0) is 22.0. The lowest BCUT2D eigenvalue weighted by molar-refractivity contribution is -0.146. The third-order valence-corrected chi connectivity index (χ3v) is 5.45. The number of carboxylic acids is 1. The zero-order valence-electron chi connectivity index (χ0n) is 16.6. The second-order valence-electron chi connectivity index (χ2n) is 7.70. The van der Waals surface area contributed by atoms with Gasteiger partial charge in [0.05, 0.1) is 17.4 Å². The number of rotatable bonds is 8. The van der Waals surface area contributed by atoms with Crippen molar-refractivity contribution in [3.8, 4) is 0 Å². The number of anilines is 1. The molecular formula is C22H22N4O5. The van der Waals surface area contributed by atoms with Crippen molar-refractivity contribution in [1.82, 2.24) is 15.0 Å². The van der Waals surface area contributed by atoms with Crippen molar-refractivity contribution in [3.05, 3.63) is 64.4 Å². The Morgan fingerprint density at radius 1 is 1.13 bits per heavy atom. The molecule has 0 spiro atoms. The third-order valence-electron chi connectivity index (χ3n) is 5.45. The summed E-state index contributed by atoms with van der Waals surface area (Å²) in [5.41, 5.74) is 1.11. The smallest absolute Gasteiger partial charge is 0.309 e. The molecule has 0 aliphatic heterocycles. The molecule has 3 aromatic rings. The van der Waals surface area contributed by atoms with Crippen LogP contribution in [0, 0.1) is 11.8 Å². The summed E-state index contributed by atoms with van der Waals surface area (Å²) in [6.45, 7) is 0.000222. The molecule has 2 aromatic carbocycles. The maximum absolute atomic E-state index is 12.5. The number of hydrogen-bond acceptors (Lipinski definition) is 6. The van der Waals surface area contributed by atoms with Gasteiger partial charge in [0, 0.05) is 18.2 Å². The lowest BCUT2D eigenvalue weighted by Crippen LogP contribution is -2.29. The number of benzene rings is 2. The van der Waals surface area contributed by atoms with Crippen molar-refractivity contribution in [2.75, 3.05) is 5.32 Å². The highest BCUT2D eigenvalue weighted by atomic mass is 16.4. The van der Waals surface area contributed by atoms with E-state index in [-0.39, 0.29) is 30.3 Å². The van der Waals surface area contributed by atoms with E-state index in [1.54, 1.807) is 48.5 Å². The molecule has 1 unspecified atom stereocenters. The van der Waals surface area contributed by atoms with Crippen LogP contribution in [0.4, 0.5) is 5.69 Å². The fourth-order valence-electron chi connectivity index (χ4n) is 3.43. The average Bonchev–Trinajstić information content (AvgIpc) is 3.61. The van der Waals surface area contributed by atoms with Crippen LogP contribution in [0.3, 0.4) is 0 Å². The van der Waals surface area contributed by atoms with Gasteiger partial charge in [0.25, 0.3) is 5.56 Å². The van der Waals surface area contributed by atoms with Crippen LogP contribution in [-0.4, -0.2) is 37.1 Å². The Balaban J connectivity index is 1.46. The van der Waals surface area contributed by atoms with E-state index in [2.05, 4.69) is 15.6 Å². The lowest BCUT2D eigenvalue weighted by Gasteiger charge is -2.20. The van der Waals surface area contributed by atoms with Gasteiger partial charge in [-0.2, -0.15) is 0 Å². The molecular weight excluding hydrogens is 400 g/mol. The van der Waals surface area contributed by atoms with Crippen LogP contribution in [0.2, 0.25) is 0 Å². The van der Waals surface area contributed by atoms with Gasteiger partial charge in [0.15, 0.2) is 0 Å². The number of aliphatic hydroxyl groups is 1. The summed E-state index contributed by atoms with van der Waals surface area (Å²) < 4.78 is 1.11. The summed E-state index contributed by atoms with van der Waals surface area (Å²) in [5.74, 6) is -2.28. The number of nitrogens with one attached hydrogen (secondary N) is 1. The normalized spacial score (nSPS) is 15.4. The van der Waals surface area contributed by atoms with Gasteiger partial charge in [-0.05, 0) is 49.1 Å². The molecule has 160 valence electrons. The van der Waals surface area contributed by atoms with Crippen LogP contribution < -0.4 is 10.9 Å². The van der Waals surface area contributed by atoms with Crippen LogP contribution in [-0.2, 0) is 16.1 Å². The number of carbonyl (C=O) groups excluding carboxylic acids is 1. The number of aryl methyl sites for hydroxylation is 1. The fraction of sp³-hybridized carbons (Fsp3) is 0.318. The second-order valence-corrected chi connectivity index (χ2v) is 7.70. The Morgan fingerprint density at radius 2 is 1.84 bits per heavy atom. The van der Waals surface area contributed by atoms with Crippen LogP contribution in [0.25, 0.3) is 10.9 Å². The zero-order valence-corrected chi connectivity index (χ0v) is 16.6. The minimum Gasteiger partial charge on any atom is -0.481 e. The van der Waals surface area contributed by atoms with Crippen LogP contribution in [0.5, 0.6) is 0 Å². The van der Waals surface area contributed by atoms with E-state index in [1.165, 1.54) is 0 Å². The maximum Gasteiger partial charge on any atom is 0.309 e. The highest BCUT2D eigenvalue weighted by Crippen LogP contribution is 2.31. The molecule has 1 aliphatic rings. The predicted octanol–water partition coefficient (Wildman–Crippen LogP) is 1.96. The van der Waals surface area contributed by atoms with E-state index < -0.39 is 18.0 Å². The summed E-state index contributed by atoms with van der Waals surface area (Å²) >= 11 is 0. The Kier molecular flexibility index (Phi) is 5.77. The molecule has 1 aliphatic carbocycles. The monoisotopic (exact) mass is 422 g/mol. The summed E-state index contributed by atoms with van der Waals surface area (Å²) in [7, 11) is 0. The first-order chi connectivity index (χ1) is 14.9. The van der Waals surface area contributed by atoms with Gasteiger partial charge < -0.3 is 15.5 Å². The van der Waals surface area contributed by atoms with Crippen molar-refractivity contribution in [1.29, 1.82) is 0 Å². The molecule has 4 rings (SSSR count). The summed E-state index contributed by atoms with van der Waals surface area (Å²) in [6, 6.07) is 13.2. The summed E-state index contributed by atoms with van der Waals surface area (Å²) in [4.78, 5) is 36.2. The summed E-state index contributed by atoms with van der Waals surface area (Å²) in [6.07, 6.45) is 0.500. The molecule has 1 heterocycles. The molecule has 9 nitrogen and oxygen atoms in total. The van der Waals surface area contributed by atoms with E-state index >= 15 is 0 Å². The number of hydrogen-bond donors (Lipinski definition) is 3. The topological polar surface area (TPSA) is 134 Å². The minimum atomic E-state index is -1.28. The Morgan fingerprint density at radius 3 is 2.52 bits per heavy atom. The molecule has 31 heavy (non-hydrogen) atoms. The Labute approximate surface area is 177 Å². The summed E-state index contributed by atoms with van der Waals surface area (Å²) in [5, 5.41) is 31.3. The molecule has 1 saturated carbocycles. The van der Waals surface area contributed by atoms with Crippen LogP contribution >= 0.6 is 0 Å². The van der Waals surface area contributed by atoms with E-state index in [4.69, 9.17) is 0 Å².